The SMILES string of the molecule is CCOCCCc1nc(C(F)F)ccc1C(=O)O. The van der Waals surface area contributed by atoms with Gasteiger partial charge in [-0.25, -0.2) is 13.6 Å². The molecule has 18 heavy (non-hydrogen) atoms. The van der Waals surface area contributed by atoms with E-state index in [2.05, 4.69) is 4.98 Å². The molecule has 0 saturated carbocycles. The Bertz CT molecular complexity index is 410. The van der Waals surface area contributed by atoms with Crippen LogP contribution in [-0.4, -0.2) is 29.3 Å². The highest BCUT2D eigenvalue weighted by atomic mass is 19.3. The second-order valence-electron chi connectivity index (χ2n) is 3.64. The normalized spacial score (nSPS) is 10.9. The Balaban J connectivity index is 2.83. The van der Waals surface area contributed by atoms with E-state index in [1.165, 1.54) is 6.07 Å². The van der Waals surface area contributed by atoms with Crippen LogP contribution in [0.5, 0.6) is 0 Å². The van der Waals surface area contributed by atoms with E-state index in [0.717, 1.165) is 6.07 Å². The number of aryl methyl sites for hydroxylation is 1. The minimum absolute atomic E-state index is 0.0316. The second kappa shape index (κ2) is 7.00. The molecule has 100 valence electrons. The van der Waals surface area contributed by atoms with E-state index in [-0.39, 0.29) is 11.3 Å². The van der Waals surface area contributed by atoms with E-state index in [0.29, 0.717) is 26.1 Å². The van der Waals surface area contributed by atoms with Crippen molar-refractivity contribution >= 4 is 5.97 Å². The Morgan fingerprint density at radius 2 is 2.22 bits per heavy atom. The molecule has 1 N–H and O–H groups in total. The molecule has 1 aromatic rings. The van der Waals surface area contributed by atoms with Gasteiger partial charge in [0.1, 0.15) is 5.69 Å². The topological polar surface area (TPSA) is 59.4 Å². The van der Waals surface area contributed by atoms with Gasteiger partial charge >= 0.3 is 5.97 Å². The Hall–Kier alpha value is -1.56. The van der Waals surface area contributed by atoms with Crippen molar-refractivity contribution in [1.82, 2.24) is 4.98 Å². The van der Waals surface area contributed by atoms with E-state index < -0.39 is 18.1 Å². The van der Waals surface area contributed by atoms with Crippen molar-refractivity contribution in [2.45, 2.75) is 26.2 Å². The van der Waals surface area contributed by atoms with Gasteiger partial charge in [0.05, 0.1) is 11.3 Å². The van der Waals surface area contributed by atoms with Crippen LogP contribution in [0.15, 0.2) is 12.1 Å². The molecule has 0 aromatic carbocycles. The molecule has 0 aliphatic heterocycles. The largest absolute Gasteiger partial charge is 0.478 e. The lowest BCUT2D eigenvalue weighted by atomic mass is 10.1. The molecule has 0 aliphatic rings. The summed E-state index contributed by atoms with van der Waals surface area (Å²) in [7, 11) is 0. The summed E-state index contributed by atoms with van der Waals surface area (Å²) < 4.78 is 30.1. The van der Waals surface area contributed by atoms with Gasteiger partial charge in [0, 0.05) is 13.2 Å². The molecule has 0 unspecified atom stereocenters. The van der Waals surface area contributed by atoms with Crippen molar-refractivity contribution in [2.75, 3.05) is 13.2 Å². The molecule has 1 heterocycles. The molecule has 1 aromatic heterocycles. The smallest absolute Gasteiger partial charge is 0.337 e. The average Bonchev–Trinajstić information content (AvgIpc) is 2.34. The van der Waals surface area contributed by atoms with E-state index in [9.17, 15) is 13.6 Å². The van der Waals surface area contributed by atoms with Crippen LogP contribution in [0.4, 0.5) is 8.78 Å². The zero-order chi connectivity index (χ0) is 13.5. The van der Waals surface area contributed by atoms with Crippen LogP contribution in [0.1, 0.15) is 41.5 Å². The highest BCUT2D eigenvalue weighted by Crippen LogP contribution is 2.19. The molecule has 0 saturated heterocycles. The lowest BCUT2D eigenvalue weighted by Gasteiger charge is -2.08. The van der Waals surface area contributed by atoms with E-state index in [1.54, 1.807) is 0 Å². The lowest BCUT2D eigenvalue weighted by molar-refractivity contribution is 0.0693. The number of carbonyl (C=O) groups is 1. The number of ether oxygens (including phenoxy) is 1. The Labute approximate surface area is 104 Å². The van der Waals surface area contributed by atoms with Gasteiger partial charge in [-0.2, -0.15) is 0 Å². The fourth-order valence-electron chi connectivity index (χ4n) is 1.51. The van der Waals surface area contributed by atoms with Crippen molar-refractivity contribution in [3.05, 3.63) is 29.1 Å². The molecular formula is C12H15F2NO3. The molecule has 0 radical (unpaired) electrons. The van der Waals surface area contributed by atoms with Crippen LogP contribution in [0.3, 0.4) is 0 Å². The second-order valence-corrected chi connectivity index (χ2v) is 3.64. The van der Waals surface area contributed by atoms with E-state index >= 15 is 0 Å². The minimum atomic E-state index is -2.70. The number of halogens is 2. The maximum Gasteiger partial charge on any atom is 0.337 e. The fraction of sp³-hybridized carbons (Fsp3) is 0.500. The molecular weight excluding hydrogens is 244 g/mol. The molecule has 0 amide bonds. The molecule has 4 nitrogen and oxygen atoms in total. The Morgan fingerprint density at radius 3 is 2.78 bits per heavy atom. The number of carboxylic acids is 1. The molecule has 0 fully saturated rings. The monoisotopic (exact) mass is 259 g/mol. The number of rotatable bonds is 7. The molecule has 1 rings (SSSR count). The Kier molecular flexibility index (Phi) is 5.64. The van der Waals surface area contributed by atoms with Crippen LogP contribution >= 0.6 is 0 Å². The van der Waals surface area contributed by atoms with Crippen LogP contribution in [-0.2, 0) is 11.2 Å². The van der Waals surface area contributed by atoms with Crippen molar-refractivity contribution in [2.24, 2.45) is 0 Å². The number of aromatic carboxylic acids is 1. The predicted molar refractivity (Wildman–Crippen MR) is 61.0 cm³/mol. The van der Waals surface area contributed by atoms with Gasteiger partial charge in [-0.05, 0) is 31.9 Å². The molecule has 0 bridgehead atoms. The van der Waals surface area contributed by atoms with Gasteiger partial charge in [0.25, 0.3) is 6.43 Å². The number of nitrogens with zero attached hydrogens (tertiary/aromatic N) is 1. The van der Waals surface area contributed by atoms with Crippen LogP contribution in [0, 0.1) is 0 Å². The van der Waals surface area contributed by atoms with Gasteiger partial charge in [-0.1, -0.05) is 0 Å². The summed E-state index contributed by atoms with van der Waals surface area (Å²) in [4.78, 5) is 14.6. The first-order chi connectivity index (χ1) is 8.56. The number of pyridine rings is 1. The third-order valence-electron chi connectivity index (χ3n) is 2.36. The van der Waals surface area contributed by atoms with Crippen LogP contribution in [0.25, 0.3) is 0 Å². The number of carboxylic acid groups (broad SMARTS) is 1. The number of hydrogen-bond acceptors (Lipinski definition) is 3. The van der Waals surface area contributed by atoms with Gasteiger partial charge in [0.15, 0.2) is 0 Å². The quantitative estimate of drug-likeness (QED) is 0.765. The number of hydrogen-bond donors (Lipinski definition) is 1. The standard InChI is InChI=1S/C12H15F2NO3/c1-2-18-7-3-4-9-8(12(16)17)5-6-10(15-9)11(13)14/h5-6,11H,2-4,7H2,1H3,(H,16,17). The third-order valence-corrected chi connectivity index (χ3v) is 2.36. The summed E-state index contributed by atoms with van der Waals surface area (Å²) in [6, 6.07) is 2.22. The van der Waals surface area contributed by atoms with Crippen molar-refractivity contribution in [1.29, 1.82) is 0 Å². The fourth-order valence-corrected chi connectivity index (χ4v) is 1.51. The highest BCUT2D eigenvalue weighted by Gasteiger charge is 2.16. The third kappa shape index (κ3) is 4.03. The van der Waals surface area contributed by atoms with Gasteiger partial charge < -0.3 is 9.84 Å². The molecule has 0 aliphatic carbocycles. The average molecular weight is 259 g/mol. The maximum absolute atomic E-state index is 12.5. The molecule has 0 spiro atoms. The first kappa shape index (κ1) is 14.5. The summed E-state index contributed by atoms with van der Waals surface area (Å²) in [6.45, 7) is 2.87. The summed E-state index contributed by atoms with van der Waals surface area (Å²) in [5, 5.41) is 8.94. The summed E-state index contributed by atoms with van der Waals surface area (Å²) in [6.07, 6.45) is -1.84. The Morgan fingerprint density at radius 1 is 1.50 bits per heavy atom. The van der Waals surface area contributed by atoms with Crippen molar-refractivity contribution < 1.29 is 23.4 Å². The number of alkyl halides is 2. The van der Waals surface area contributed by atoms with Crippen LogP contribution in [0.2, 0.25) is 0 Å². The summed E-state index contributed by atoms with van der Waals surface area (Å²) >= 11 is 0. The van der Waals surface area contributed by atoms with Crippen molar-refractivity contribution in [3.63, 3.8) is 0 Å². The number of aromatic nitrogens is 1. The van der Waals surface area contributed by atoms with Gasteiger partial charge in [0.2, 0.25) is 0 Å². The van der Waals surface area contributed by atoms with E-state index in [1.807, 2.05) is 6.92 Å². The predicted octanol–water partition coefficient (Wildman–Crippen LogP) is 2.69. The zero-order valence-electron chi connectivity index (χ0n) is 10.0. The molecule has 6 heteroatoms. The zero-order valence-corrected chi connectivity index (χ0v) is 10.0. The van der Waals surface area contributed by atoms with E-state index in [4.69, 9.17) is 9.84 Å². The summed E-state index contributed by atoms with van der Waals surface area (Å²) in [5.74, 6) is -1.16. The first-order valence-electron chi connectivity index (χ1n) is 5.65. The van der Waals surface area contributed by atoms with Gasteiger partial charge in [-0.3, -0.25) is 4.98 Å². The molecule has 0 atom stereocenters. The minimum Gasteiger partial charge on any atom is -0.478 e. The van der Waals surface area contributed by atoms with Crippen molar-refractivity contribution in [3.8, 4) is 0 Å². The van der Waals surface area contributed by atoms with Crippen LogP contribution < -0.4 is 0 Å². The lowest BCUT2D eigenvalue weighted by Crippen LogP contribution is -2.08. The first-order valence-corrected chi connectivity index (χ1v) is 5.65. The van der Waals surface area contributed by atoms with Gasteiger partial charge in [-0.15, -0.1) is 0 Å². The maximum atomic E-state index is 12.5. The highest BCUT2D eigenvalue weighted by molar-refractivity contribution is 5.88. The summed E-state index contributed by atoms with van der Waals surface area (Å²) in [5.41, 5.74) is -0.248.